The molecule has 2 rings (SSSR count). The van der Waals surface area contributed by atoms with Gasteiger partial charge in [-0.1, -0.05) is 24.0 Å². The van der Waals surface area contributed by atoms with Crippen molar-refractivity contribution in [2.75, 3.05) is 13.7 Å². The van der Waals surface area contributed by atoms with Gasteiger partial charge in [0, 0.05) is 12.3 Å². The molecule has 0 saturated heterocycles. The Labute approximate surface area is 122 Å². The second-order valence-corrected chi connectivity index (χ2v) is 4.13. The molecular weight excluding hydrogens is 268 g/mol. The number of aromatic amines is 1. The summed E-state index contributed by atoms with van der Waals surface area (Å²) in [7, 11) is 1.58. The molecule has 0 unspecified atom stereocenters. The minimum absolute atomic E-state index is 0.204. The highest BCUT2D eigenvalue weighted by molar-refractivity contribution is 5.93. The van der Waals surface area contributed by atoms with E-state index in [-0.39, 0.29) is 18.0 Å². The fourth-order valence-electron chi connectivity index (χ4n) is 1.67. The van der Waals surface area contributed by atoms with Crippen molar-refractivity contribution >= 4 is 5.91 Å². The second kappa shape index (κ2) is 6.96. The molecule has 21 heavy (non-hydrogen) atoms. The zero-order valence-electron chi connectivity index (χ0n) is 11.5. The Morgan fingerprint density at radius 1 is 1.29 bits per heavy atom. The number of methoxy groups -OCH3 is 1. The molecule has 1 aromatic heterocycles. The maximum absolute atomic E-state index is 11.8. The summed E-state index contributed by atoms with van der Waals surface area (Å²) in [5.74, 6) is 6.19. The normalized spacial score (nSPS) is 9.38. The van der Waals surface area contributed by atoms with Gasteiger partial charge in [-0.25, -0.2) is 0 Å². The zero-order valence-corrected chi connectivity index (χ0v) is 11.5. The van der Waals surface area contributed by atoms with Crippen molar-refractivity contribution in [3.63, 3.8) is 0 Å². The van der Waals surface area contributed by atoms with Crippen molar-refractivity contribution in [2.45, 2.75) is 0 Å². The van der Waals surface area contributed by atoms with Crippen molar-refractivity contribution < 1.29 is 9.53 Å². The van der Waals surface area contributed by atoms with E-state index in [1.807, 2.05) is 24.3 Å². The average molecular weight is 282 g/mol. The zero-order chi connectivity index (χ0) is 15.1. The fraction of sp³-hybridized carbons (Fsp3) is 0.125. The third-order valence-corrected chi connectivity index (χ3v) is 2.71. The van der Waals surface area contributed by atoms with E-state index in [0.29, 0.717) is 11.3 Å². The Morgan fingerprint density at radius 2 is 2.10 bits per heavy atom. The van der Waals surface area contributed by atoms with Crippen molar-refractivity contribution in [3.8, 4) is 17.6 Å². The van der Waals surface area contributed by atoms with Crippen molar-refractivity contribution in [3.05, 3.63) is 64.1 Å². The van der Waals surface area contributed by atoms with Gasteiger partial charge in [-0.05, 0) is 18.2 Å². The Bertz CT molecular complexity index is 733. The largest absolute Gasteiger partial charge is 0.495 e. The summed E-state index contributed by atoms with van der Waals surface area (Å²) in [5, 5.41) is 2.65. The minimum atomic E-state index is -0.291. The Kier molecular flexibility index (Phi) is 4.78. The van der Waals surface area contributed by atoms with Gasteiger partial charge in [0.1, 0.15) is 5.75 Å². The van der Waals surface area contributed by atoms with E-state index in [2.05, 4.69) is 22.1 Å². The number of H-pyrrole nitrogens is 1. The third-order valence-electron chi connectivity index (χ3n) is 2.71. The van der Waals surface area contributed by atoms with Crippen LogP contribution < -0.4 is 15.6 Å². The van der Waals surface area contributed by atoms with Gasteiger partial charge in [0.15, 0.2) is 0 Å². The standard InChI is InChI=1S/C16H14N2O3/c1-21-14-7-3-2-5-12(14)6-4-10-17-16(20)13-8-9-15(19)18-11-13/h2-3,5,7-9,11H,10H2,1H3,(H,17,20)(H,18,19). The lowest BCUT2D eigenvalue weighted by Gasteiger charge is -2.02. The second-order valence-electron chi connectivity index (χ2n) is 4.13. The molecule has 0 aliphatic rings. The molecule has 0 atom stereocenters. The van der Waals surface area contributed by atoms with Crippen molar-refractivity contribution in [2.24, 2.45) is 0 Å². The van der Waals surface area contributed by atoms with Crippen LogP contribution in [0.25, 0.3) is 0 Å². The lowest BCUT2D eigenvalue weighted by molar-refractivity contribution is 0.0958. The van der Waals surface area contributed by atoms with Crippen LogP contribution in [0.3, 0.4) is 0 Å². The molecule has 0 spiro atoms. The van der Waals surface area contributed by atoms with Gasteiger partial charge in [-0.15, -0.1) is 0 Å². The van der Waals surface area contributed by atoms with E-state index in [1.165, 1.54) is 18.3 Å². The molecule has 0 aliphatic carbocycles. The quantitative estimate of drug-likeness (QED) is 0.830. The van der Waals surface area contributed by atoms with Crippen molar-refractivity contribution in [1.29, 1.82) is 0 Å². The average Bonchev–Trinajstić information content (AvgIpc) is 2.52. The van der Waals surface area contributed by atoms with Crippen LogP contribution in [0, 0.1) is 11.8 Å². The number of benzene rings is 1. The van der Waals surface area contributed by atoms with Crippen LogP contribution in [0.5, 0.6) is 5.75 Å². The van der Waals surface area contributed by atoms with Gasteiger partial charge >= 0.3 is 0 Å². The molecule has 0 aliphatic heterocycles. The Hall–Kier alpha value is -3.00. The van der Waals surface area contributed by atoms with Gasteiger partial charge in [0.25, 0.3) is 5.91 Å². The fourth-order valence-corrected chi connectivity index (χ4v) is 1.67. The first kappa shape index (κ1) is 14.4. The van der Waals surface area contributed by atoms with Gasteiger partial charge in [-0.2, -0.15) is 0 Å². The number of aromatic nitrogens is 1. The molecule has 0 fully saturated rings. The maximum Gasteiger partial charge on any atom is 0.253 e. The van der Waals surface area contributed by atoms with E-state index in [4.69, 9.17) is 4.74 Å². The lowest BCUT2D eigenvalue weighted by Crippen LogP contribution is -2.24. The molecule has 1 amide bonds. The number of ether oxygens (including phenoxy) is 1. The number of nitrogens with one attached hydrogen (secondary N) is 2. The van der Waals surface area contributed by atoms with Crippen LogP contribution in [0.1, 0.15) is 15.9 Å². The Balaban J connectivity index is 1.96. The molecular formula is C16H14N2O3. The minimum Gasteiger partial charge on any atom is -0.495 e. The van der Waals surface area contributed by atoms with Crippen LogP contribution in [-0.2, 0) is 0 Å². The SMILES string of the molecule is COc1ccccc1C#CCNC(=O)c1ccc(=O)[nH]c1. The lowest BCUT2D eigenvalue weighted by atomic mass is 10.2. The molecule has 1 heterocycles. The number of para-hydroxylation sites is 1. The maximum atomic E-state index is 11.8. The number of rotatable bonds is 3. The smallest absolute Gasteiger partial charge is 0.253 e. The van der Waals surface area contributed by atoms with E-state index in [1.54, 1.807) is 7.11 Å². The third kappa shape index (κ3) is 3.98. The van der Waals surface area contributed by atoms with Crippen LogP contribution >= 0.6 is 0 Å². The highest BCUT2D eigenvalue weighted by Gasteiger charge is 2.03. The van der Waals surface area contributed by atoms with E-state index >= 15 is 0 Å². The number of hydrogen-bond donors (Lipinski definition) is 2. The van der Waals surface area contributed by atoms with Gasteiger partial charge in [0.05, 0.1) is 24.8 Å². The summed E-state index contributed by atoms with van der Waals surface area (Å²) in [4.78, 5) is 25.1. The predicted molar refractivity (Wildman–Crippen MR) is 79.3 cm³/mol. The highest BCUT2D eigenvalue weighted by Crippen LogP contribution is 2.15. The molecule has 5 nitrogen and oxygen atoms in total. The van der Waals surface area contributed by atoms with Gasteiger partial charge in [0.2, 0.25) is 5.56 Å². The van der Waals surface area contributed by atoms with Crippen LogP contribution in [-0.4, -0.2) is 24.5 Å². The first-order valence-corrected chi connectivity index (χ1v) is 6.29. The molecule has 1 aromatic carbocycles. The van der Waals surface area contributed by atoms with Gasteiger partial charge < -0.3 is 15.0 Å². The predicted octanol–water partition coefficient (Wildman–Crippen LogP) is 1.17. The summed E-state index contributed by atoms with van der Waals surface area (Å²) in [6.45, 7) is 0.204. The number of pyridine rings is 1. The number of carbonyl (C=O) groups excluding carboxylic acids is 1. The van der Waals surface area contributed by atoms with Crippen LogP contribution in [0.2, 0.25) is 0 Å². The molecule has 0 saturated carbocycles. The highest BCUT2D eigenvalue weighted by atomic mass is 16.5. The molecule has 106 valence electrons. The summed E-state index contributed by atoms with van der Waals surface area (Å²) in [6.07, 6.45) is 1.37. The van der Waals surface area contributed by atoms with Crippen molar-refractivity contribution in [1.82, 2.24) is 10.3 Å². The monoisotopic (exact) mass is 282 g/mol. The first-order chi connectivity index (χ1) is 10.2. The molecule has 5 heteroatoms. The summed E-state index contributed by atoms with van der Waals surface area (Å²) in [5.41, 5.74) is 0.898. The molecule has 0 radical (unpaired) electrons. The van der Waals surface area contributed by atoms with Crippen LogP contribution in [0.4, 0.5) is 0 Å². The van der Waals surface area contributed by atoms with Crippen LogP contribution in [0.15, 0.2) is 47.4 Å². The summed E-state index contributed by atoms with van der Waals surface area (Å²) < 4.78 is 5.18. The topological polar surface area (TPSA) is 71.2 Å². The first-order valence-electron chi connectivity index (χ1n) is 6.29. The van der Waals surface area contributed by atoms with E-state index in [0.717, 1.165) is 5.56 Å². The summed E-state index contributed by atoms with van der Waals surface area (Å²) >= 11 is 0. The van der Waals surface area contributed by atoms with E-state index < -0.39 is 0 Å². The molecule has 2 N–H and O–H groups in total. The Morgan fingerprint density at radius 3 is 2.81 bits per heavy atom. The number of amides is 1. The van der Waals surface area contributed by atoms with E-state index in [9.17, 15) is 9.59 Å². The molecule has 0 bridgehead atoms. The summed E-state index contributed by atoms with van der Waals surface area (Å²) in [6, 6.07) is 10.2. The number of carbonyl (C=O) groups is 1. The molecule has 2 aromatic rings. The number of hydrogen-bond acceptors (Lipinski definition) is 3. The van der Waals surface area contributed by atoms with Gasteiger partial charge in [-0.3, -0.25) is 9.59 Å².